The van der Waals surface area contributed by atoms with E-state index in [9.17, 15) is 0 Å². The van der Waals surface area contributed by atoms with Gasteiger partial charge in [-0.1, -0.05) is 92.3 Å². The van der Waals surface area contributed by atoms with E-state index in [1.807, 2.05) is 18.2 Å². The maximum atomic E-state index is 5.74. The minimum absolute atomic E-state index is 0.782. The Labute approximate surface area is 300 Å². The van der Waals surface area contributed by atoms with Crippen molar-refractivity contribution < 1.29 is 14.0 Å². The van der Waals surface area contributed by atoms with Crippen LogP contribution in [0.4, 0.5) is 5.69 Å². The van der Waals surface area contributed by atoms with Crippen molar-refractivity contribution in [1.29, 1.82) is 0 Å². The fourth-order valence-electron chi connectivity index (χ4n) is 6.89. The molecule has 0 spiro atoms. The first-order valence-electron chi connectivity index (χ1n) is 17.3. The number of fused-ring (bicyclic) bond motifs is 2. The van der Waals surface area contributed by atoms with Crippen molar-refractivity contribution in [2.45, 2.75) is 31.8 Å². The summed E-state index contributed by atoms with van der Waals surface area (Å²) in [6.45, 7) is 8.29. The number of rotatable bonds is 11. The van der Waals surface area contributed by atoms with E-state index in [-0.39, 0.29) is 0 Å². The Morgan fingerprint density at radius 3 is 2.10 bits per heavy atom. The van der Waals surface area contributed by atoms with E-state index >= 15 is 0 Å². The third kappa shape index (κ3) is 6.61. The average Bonchev–Trinajstić information content (AvgIpc) is 3.48. The molecule has 0 N–H and O–H groups in total. The van der Waals surface area contributed by atoms with Gasteiger partial charge in [-0.2, -0.15) is 4.57 Å². The number of thioether (sulfide) groups is 1. The predicted octanol–water partition coefficient (Wildman–Crippen LogP) is 9.91. The lowest BCUT2D eigenvalue weighted by atomic mass is 10.0. The fraction of sp³-hybridized carbons (Fsp3) is 0.205. The molecule has 0 amide bonds. The van der Waals surface area contributed by atoms with E-state index in [1.165, 1.54) is 54.5 Å². The van der Waals surface area contributed by atoms with Gasteiger partial charge in [0.15, 0.2) is 6.54 Å². The summed E-state index contributed by atoms with van der Waals surface area (Å²) in [5, 5.41) is 2.40. The van der Waals surface area contributed by atoms with Crippen LogP contribution >= 0.6 is 11.8 Å². The van der Waals surface area contributed by atoms with Crippen LogP contribution in [0.2, 0.25) is 0 Å². The van der Waals surface area contributed by atoms with E-state index < -0.39 is 0 Å². The van der Waals surface area contributed by atoms with Gasteiger partial charge in [-0.25, -0.2) is 0 Å². The highest BCUT2D eigenvalue weighted by molar-refractivity contribution is 8.03. The van der Waals surface area contributed by atoms with Crippen LogP contribution in [-0.2, 0) is 13.1 Å². The third-order valence-electron chi connectivity index (χ3n) is 9.68. The molecule has 252 valence electrons. The molecule has 1 aliphatic heterocycles. The van der Waals surface area contributed by atoms with Crippen molar-refractivity contribution in [2.24, 2.45) is 0 Å². The van der Waals surface area contributed by atoms with Gasteiger partial charge < -0.3 is 14.4 Å². The molecule has 0 bridgehead atoms. The quantitative estimate of drug-likeness (QED) is 0.127. The molecule has 0 radical (unpaired) electrons. The van der Waals surface area contributed by atoms with Crippen molar-refractivity contribution in [3.8, 4) is 33.9 Å². The van der Waals surface area contributed by atoms with Gasteiger partial charge in [0.1, 0.15) is 11.5 Å². The van der Waals surface area contributed by atoms with Crippen molar-refractivity contribution in [3.05, 3.63) is 143 Å². The Balaban J connectivity index is 1.32. The van der Waals surface area contributed by atoms with Gasteiger partial charge in [0.05, 0.1) is 35.9 Å². The largest absolute Gasteiger partial charge is 0.496 e. The normalized spacial score (nSPS) is 13.3. The topological polar surface area (TPSA) is 28.8 Å². The van der Waals surface area contributed by atoms with Crippen LogP contribution in [0.25, 0.3) is 39.4 Å². The molecule has 50 heavy (non-hydrogen) atoms. The van der Waals surface area contributed by atoms with E-state index in [2.05, 4.69) is 144 Å². The predicted molar refractivity (Wildman–Crippen MR) is 209 cm³/mol. The highest BCUT2D eigenvalue weighted by Crippen LogP contribution is 2.49. The van der Waals surface area contributed by atoms with Crippen molar-refractivity contribution in [1.82, 2.24) is 4.90 Å². The van der Waals surface area contributed by atoms with Crippen LogP contribution in [0.3, 0.4) is 0 Å². The van der Waals surface area contributed by atoms with E-state index in [1.54, 1.807) is 26.0 Å². The Kier molecular flexibility index (Phi) is 9.92. The van der Waals surface area contributed by atoms with Crippen LogP contribution in [0, 0.1) is 0 Å². The monoisotopic (exact) mass is 678 g/mol. The summed E-state index contributed by atoms with van der Waals surface area (Å²) in [5.74, 6) is 1.59. The van der Waals surface area contributed by atoms with Crippen LogP contribution in [0.1, 0.15) is 30.5 Å². The van der Waals surface area contributed by atoms with Gasteiger partial charge >= 0.3 is 0 Å². The van der Waals surface area contributed by atoms with Gasteiger partial charge in [0, 0.05) is 41.7 Å². The van der Waals surface area contributed by atoms with Gasteiger partial charge in [-0.15, -0.1) is 0 Å². The van der Waals surface area contributed by atoms with Crippen molar-refractivity contribution in [3.63, 3.8) is 0 Å². The maximum absolute atomic E-state index is 5.74. The number of methoxy groups -OCH3 is 2. The lowest BCUT2D eigenvalue weighted by Crippen LogP contribution is -2.38. The van der Waals surface area contributed by atoms with Gasteiger partial charge in [-0.05, 0) is 78.3 Å². The van der Waals surface area contributed by atoms with Crippen LogP contribution in [0.15, 0.2) is 131 Å². The first-order chi connectivity index (χ1) is 24.5. The first kappa shape index (κ1) is 33.5. The molecule has 0 aliphatic carbocycles. The van der Waals surface area contributed by atoms with Crippen LogP contribution in [0.5, 0.6) is 11.5 Å². The van der Waals surface area contributed by atoms with E-state index in [0.717, 1.165) is 48.8 Å². The number of ether oxygens (including phenoxy) is 2. The highest BCUT2D eigenvalue weighted by Gasteiger charge is 2.26. The lowest BCUT2D eigenvalue weighted by Gasteiger charge is -2.18. The number of anilines is 1. The van der Waals surface area contributed by atoms with E-state index in [4.69, 9.17) is 9.47 Å². The molecule has 0 fully saturated rings. The highest BCUT2D eigenvalue weighted by atomic mass is 32.2. The molecule has 0 atom stereocenters. The molecule has 0 saturated heterocycles. The lowest BCUT2D eigenvalue weighted by molar-refractivity contribution is -0.651. The van der Waals surface area contributed by atoms with Gasteiger partial charge in [0.25, 0.3) is 0 Å². The third-order valence-corrected chi connectivity index (χ3v) is 10.8. The molecule has 5 nitrogen and oxygen atoms in total. The number of hydrogen-bond donors (Lipinski definition) is 0. The molecule has 5 aromatic carbocycles. The molecule has 2 heterocycles. The summed E-state index contributed by atoms with van der Waals surface area (Å²) in [7, 11) is 5.57. The molecule has 1 aliphatic rings. The van der Waals surface area contributed by atoms with Gasteiger partial charge in [0.2, 0.25) is 11.2 Å². The number of pyridine rings is 1. The standard InChI is InChI=1S/C44H44N3O2S/c1-6-46(7-2)29-32-20-22-33(23-21-32)39-26-35(36-16-11-12-17-37(36)47(39)30-31-14-9-8-10-15-31)28-43-45(3)38-25-24-34(27-42(38)50-43)44-40(48-4)18-13-19-41(44)49-5/h8-28H,6-7,29-30H2,1-5H3/q+1. The maximum Gasteiger partial charge on any atom is 0.213 e. The molecular formula is C44H44N3O2S+. The zero-order valence-corrected chi connectivity index (χ0v) is 30.3. The fourth-order valence-corrected chi connectivity index (χ4v) is 8.03. The molecule has 1 aromatic heterocycles. The smallest absolute Gasteiger partial charge is 0.213 e. The average molecular weight is 679 g/mol. The number of aromatic nitrogens is 1. The summed E-state index contributed by atoms with van der Waals surface area (Å²) < 4.78 is 14.0. The number of benzene rings is 5. The summed E-state index contributed by atoms with van der Waals surface area (Å²) in [5.41, 5.74) is 10.6. The van der Waals surface area contributed by atoms with Crippen LogP contribution in [-0.4, -0.2) is 39.3 Å². The summed E-state index contributed by atoms with van der Waals surface area (Å²) in [4.78, 5) is 5.95. The Morgan fingerprint density at radius 1 is 0.720 bits per heavy atom. The van der Waals surface area contributed by atoms with Crippen molar-refractivity contribution in [2.75, 3.05) is 39.3 Å². The molecule has 0 saturated carbocycles. The van der Waals surface area contributed by atoms with E-state index in [0.29, 0.717) is 0 Å². The second-order valence-corrected chi connectivity index (χ2v) is 13.7. The van der Waals surface area contributed by atoms with Gasteiger partial charge in [-0.3, -0.25) is 4.90 Å². The molecular weight excluding hydrogens is 635 g/mol. The second kappa shape index (κ2) is 14.8. The summed E-state index contributed by atoms with van der Waals surface area (Å²) in [6, 6.07) is 43.6. The van der Waals surface area contributed by atoms with Crippen LogP contribution < -0.4 is 18.9 Å². The first-order valence-corrected chi connectivity index (χ1v) is 18.1. The van der Waals surface area contributed by atoms with Crippen molar-refractivity contribution >= 4 is 34.4 Å². The molecule has 7 rings (SSSR count). The SMILES string of the molecule is CCN(CC)Cc1ccc(-c2cc(C=C3Sc4cc(-c5c(OC)cccc5OC)ccc4N3C)c3ccccc3[n+]2Cc2ccccc2)cc1. The molecule has 6 heteroatoms. The number of para-hydroxylation sites is 1. The summed E-state index contributed by atoms with van der Waals surface area (Å²) >= 11 is 1.80. The zero-order valence-electron chi connectivity index (χ0n) is 29.5. The Hall–Kier alpha value is -5.04. The minimum Gasteiger partial charge on any atom is -0.496 e. The zero-order chi connectivity index (χ0) is 34.6. The second-order valence-electron chi connectivity index (χ2n) is 12.6. The Bertz CT molecular complexity index is 2140. The minimum atomic E-state index is 0.782. The number of hydrogen-bond acceptors (Lipinski definition) is 5. The molecule has 0 unspecified atom stereocenters. The molecule has 6 aromatic rings. The Morgan fingerprint density at radius 2 is 1.40 bits per heavy atom. The summed E-state index contributed by atoms with van der Waals surface area (Å²) in [6.07, 6.45) is 2.35. The number of nitrogens with zero attached hydrogens (tertiary/aromatic N) is 3.